The summed E-state index contributed by atoms with van der Waals surface area (Å²) in [5.41, 5.74) is 0.154. The summed E-state index contributed by atoms with van der Waals surface area (Å²) >= 11 is 0. The van der Waals surface area contributed by atoms with Crippen molar-refractivity contribution >= 4 is 0 Å². The molecule has 0 bridgehead atoms. The van der Waals surface area contributed by atoms with E-state index in [0.29, 0.717) is 24.9 Å². The van der Waals surface area contributed by atoms with Gasteiger partial charge in [0.2, 0.25) is 11.8 Å². The highest BCUT2D eigenvalue weighted by Crippen LogP contribution is 2.16. The van der Waals surface area contributed by atoms with Crippen LogP contribution in [0.3, 0.4) is 0 Å². The molecule has 0 aliphatic heterocycles. The van der Waals surface area contributed by atoms with Crippen LogP contribution in [0.15, 0.2) is 34.7 Å². The molecule has 96 valence electrons. The Morgan fingerprint density at radius 2 is 1.94 bits per heavy atom. The van der Waals surface area contributed by atoms with Gasteiger partial charge in [0, 0.05) is 12.1 Å². The van der Waals surface area contributed by atoms with Gasteiger partial charge in [-0.25, -0.2) is 0 Å². The molecular weight excluding hydrogens is 230 g/mol. The molecule has 0 aliphatic rings. The van der Waals surface area contributed by atoms with Crippen molar-refractivity contribution in [3.8, 4) is 11.5 Å². The van der Waals surface area contributed by atoms with Gasteiger partial charge in [-0.15, -0.1) is 10.2 Å². The minimum absolute atomic E-state index is 0.448. The van der Waals surface area contributed by atoms with Gasteiger partial charge in [0.1, 0.15) is 0 Å². The summed E-state index contributed by atoms with van der Waals surface area (Å²) in [6, 6.07) is 9.62. The van der Waals surface area contributed by atoms with E-state index in [1.54, 1.807) is 13.8 Å². The summed E-state index contributed by atoms with van der Waals surface area (Å²) in [5.74, 6) is 1.02. The molecule has 1 aromatic heterocycles. The molecule has 0 spiro atoms. The summed E-state index contributed by atoms with van der Waals surface area (Å²) in [7, 11) is 0. The van der Waals surface area contributed by atoms with E-state index in [4.69, 9.17) is 4.42 Å². The maximum Gasteiger partial charge on any atom is 0.247 e. The zero-order chi connectivity index (χ0) is 13.0. The summed E-state index contributed by atoms with van der Waals surface area (Å²) in [6.07, 6.45) is 0. The van der Waals surface area contributed by atoms with E-state index in [-0.39, 0.29) is 0 Å². The third-order valence-corrected chi connectivity index (χ3v) is 2.32. The molecule has 0 saturated carbocycles. The van der Waals surface area contributed by atoms with E-state index >= 15 is 0 Å². The monoisotopic (exact) mass is 247 g/mol. The minimum Gasteiger partial charge on any atom is -0.419 e. The predicted molar refractivity (Wildman–Crippen MR) is 67.7 cm³/mol. The van der Waals surface area contributed by atoms with Gasteiger partial charge in [-0.05, 0) is 26.0 Å². The Hall–Kier alpha value is -1.72. The average molecular weight is 247 g/mol. The normalized spacial score (nSPS) is 11.7. The Morgan fingerprint density at radius 1 is 1.22 bits per heavy atom. The first-order valence-electron chi connectivity index (χ1n) is 5.85. The van der Waals surface area contributed by atoms with E-state index < -0.39 is 5.60 Å². The van der Waals surface area contributed by atoms with Crippen LogP contribution in [0.25, 0.3) is 11.5 Å². The lowest BCUT2D eigenvalue weighted by Crippen LogP contribution is -2.34. The van der Waals surface area contributed by atoms with Gasteiger partial charge in [-0.2, -0.15) is 0 Å². The van der Waals surface area contributed by atoms with Gasteiger partial charge in [-0.1, -0.05) is 18.2 Å². The SMILES string of the molecule is CC(C)(O)CNCc1nnc(-c2ccccc2)o1. The number of aliphatic hydroxyl groups is 1. The minimum atomic E-state index is -0.748. The number of rotatable bonds is 5. The van der Waals surface area contributed by atoms with Crippen molar-refractivity contribution in [3.05, 3.63) is 36.2 Å². The number of aromatic nitrogens is 2. The molecule has 5 nitrogen and oxygen atoms in total. The average Bonchev–Trinajstić information content (AvgIpc) is 2.77. The second-order valence-electron chi connectivity index (χ2n) is 4.78. The predicted octanol–water partition coefficient (Wildman–Crippen LogP) is 1.60. The zero-order valence-corrected chi connectivity index (χ0v) is 10.6. The van der Waals surface area contributed by atoms with Gasteiger partial charge in [-0.3, -0.25) is 0 Å². The summed E-state index contributed by atoms with van der Waals surface area (Å²) in [5, 5.41) is 20.5. The molecule has 0 amide bonds. The molecule has 0 aliphatic carbocycles. The zero-order valence-electron chi connectivity index (χ0n) is 10.6. The molecule has 0 saturated heterocycles. The van der Waals surface area contributed by atoms with Crippen LogP contribution in [-0.4, -0.2) is 27.4 Å². The largest absolute Gasteiger partial charge is 0.419 e. The van der Waals surface area contributed by atoms with Gasteiger partial charge >= 0.3 is 0 Å². The Bertz CT molecular complexity index is 488. The maximum atomic E-state index is 9.55. The Kier molecular flexibility index (Phi) is 3.74. The Labute approximate surface area is 106 Å². The number of nitrogens with one attached hydrogen (secondary N) is 1. The molecule has 0 fully saturated rings. The van der Waals surface area contributed by atoms with Crippen molar-refractivity contribution in [1.29, 1.82) is 0 Å². The fraction of sp³-hybridized carbons (Fsp3) is 0.385. The molecule has 1 aromatic carbocycles. The van der Waals surface area contributed by atoms with Gasteiger partial charge in [0.05, 0.1) is 12.1 Å². The van der Waals surface area contributed by atoms with Crippen molar-refractivity contribution in [2.75, 3.05) is 6.54 Å². The molecule has 2 aromatic rings. The molecular formula is C13H17N3O2. The fourth-order valence-electron chi connectivity index (χ4n) is 1.50. The lowest BCUT2D eigenvalue weighted by atomic mass is 10.1. The van der Waals surface area contributed by atoms with Crippen molar-refractivity contribution < 1.29 is 9.52 Å². The van der Waals surface area contributed by atoms with Crippen LogP contribution >= 0.6 is 0 Å². The van der Waals surface area contributed by atoms with Crippen LogP contribution < -0.4 is 5.32 Å². The number of hydrogen-bond donors (Lipinski definition) is 2. The second kappa shape index (κ2) is 5.29. The highest BCUT2D eigenvalue weighted by molar-refractivity contribution is 5.51. The second-order valence-corrected chi connectivity index (χ2v) is 4.78. The first-order valence-corrected chi connectivity index (χ1v) is 5.85. The molecule has 0 atom stereocenters. The van der Waals surface area contributed by atoms with Crippen LogP contribution in [0.4, 0.5) is 0 Å². The summed E-state index contributed by atoms with van der Waals surface area (Å²) in [6.45, 7) is 4.40. The molecule has 0 radical (unpaired) electrons. The summed E-state index contributed by atoms with van der Waals surface area (Å²) in [4.78, 5) is 0. The quantitative estimate of drug-likeness (QED) is 0.839. The van der Waals surface area contributed by atoms with E-state index in [0.717, 1.165) is 5.56 Å². The molecule has 2 rings (SSSR count). The lowest BCUT2D eigenvalue weighted by Gasteiger charge is -2.16. The van der Waals surface area contributed by atoms with E-state index in [2.05, 4.69) is 15.5 Å². The number of nitrogens with zero attached hydrogens (tertiary/aromatic N) is 2. The lowest BCUT2D eigenvalue weighted by molar-refractivity contribution is 0.0789. The van der Waals surface area contributed by atoms with Gasteiger partial charge in [0.25, 0.3) is 0 Å². The number of benzene rings is 1. The van der Waals surface area contributed by atoms with Crippen LogP contribution in [0.5, 0.6) is 0 Å². The smallest absolute Gasteiger partial charge is 0.247 e. The highest BCUT2D eigenvalue weighted by Gasteiger charge is 2.13. The Morgan fingerprint density at radius 3 is 2.61 bits per heavy atom. The Balaban J connectivity index is 1.95. The van der Waals surface area contributed by atoms with E-state index in [1.807, 2.05) is 30.3 Å². The highest BCUT2D eigenvalue weighted by atomic mass is 16.4. The van der Waals surface area contributed by atoms with Gasteiger partial charge < -0.3 is 14.8 Å². The van der Waals surface area contributed by atoms with Crippen molar-refractivity contribution in [2.45, 2.75) is 26.0 Å². The van der Waals surface area contributed by atoms with Crippen LogP contribution in [-0.2, 0) is 6.54 Å². The number of hydrogen-bond acceptors (Lipinski definition) is 5. The van der Waals surface area contributed by atoms with Gasteiger partial charge in [0.15, 0.2) is 0 Å². The fourth-order valence-corrected chi connectivity index (χ4v) is 1.50. The molecule has 18 heavy (non-hydrogen) atoms. The molecule has 1 heterocycles. The molecule has 5 heteroatoms. The van der Waals surface area contributed by atoms with Crippen molar-refractivity contribution in [2.24, 2.45) is 0 Å². The third-order valence-electron chi connectivity index (χ3n) is 2.32. The van der Waals surface area contributed by atoms with Crippen LogP contribution in [0, 0.1) is 0 Å². The van der Waals surface area contributed by atoms with E-state index in [1.165, 1.54) is 0 Å². The summed E-state index contributed by atoms with van der Waals surface area (Å²) < 4.78 is 5.52. The first kappa shape index (κ1) is 12.7. The maximum absolute atomic E-state index is 9.55. The first-order chi connectivity index (χ1) is 8.54. The van der Waals surface area contributed by atoms with Crippen LogP contribution in [0.1, 0.15) is 19.7 Å². The topological polar surface area (TPSA) is 71.2 Å². The van der Waals surface area contributed by atoms with Crippen molar-refractivity contribution in [1.82, 2.24) is 15.5 Å². The van der Waals surface area contributed by atoms with Crippen molar-refractivity contribution in [3.63, 3.8) is 0 Å². The standard InChI is InChI=1S/C13H17N3O2/c1-13(2,17)9-14-8-11-15-16-12(18-11)10-6-4-3-5-7-10/h3-7,14,17H,8-9H2,1-2H3. The molecule has 0 unspecified atom stereocenters. The van der Waals surface area contributed by atoms with E-state index in [9.17, 15) is 5.11 Å². The third kappa shape index (κ3) is 3.65. The van der Waals surface area contributed by atoms with Crippen LogP contribution in [0.2, 0.25) is 0 Å². The molecule has 2 N–H and O–H groups in total.